The van der Waals surface area contributed by atoms with E-state index in [9.17, 15) is 9.59 Å². The van der Waals surface area contributed by atoms with Gasteiger partial charge in [0.05, 0.1) is 33.0 Å². The number of thiophene rings is 1. The Bertz CT molecular complexity index is 1630. The first-order valence-electron chi connectivity index (χ1n) is 10.1. The third kappa shape index (κ3) is 3.96. The highest BCUT2D eigenvalue weighted by atomic mass is 35.5. The van der Waals surface area contributed by atoms with Crippen LogP contribution >= 0.6 is 45.9 Å². The molecule has 172 valence electrons. The molecule has 0 amide bonds. The quantitative estimate of drug-likeness (QED) is 0.346. The molecule has 0 bridgehead atoms. The van der Waals surface area contributed by atoms with Gasteiger partial charge in [-0.1, -0.05) is 40.6 Å². The van der Waals surface area contributed by atoms with Gasteiger partial charge in [-0.3, -0.25) is 9.36 Å². The van der Waals surface area contributed by atoms with Crippen LogP contribution in [0.1, 0.15) is 23.6 Å². The maximum Gasteiger partial charge on any atom is 0.338 e. The Hall–Kier alpha value is -2.91. The lowest BCUT2D eigenvalue weighted by Gasteiger charge is -2.22. The van der Waals surface area contributed by atoms with Gasteiger partial charge in [0.25, 0.3) is 5.56 Å². The molecule has 0 radical (unpaired) electrons. The highest BCUT2D eigenvalue weighted by Gasteiger charge is 2.33. The van der Waals surface area contributed by atoms with Gasteiger partial charge < -0.3 is 9.15 Å². The minimum absolute atomic E-state index is 0.261. The minimum atomic E-state index is -0.603. The van der Waals surface area contributed by atoms with Crippen LogP contribution in [0.25, 0.3) is 17.4 Å². The number of esters is 1. The first kappa shape index (κ1) is 22.9. The molecule has 0 fully saturated rings. The molecule has 1 aliphatic heterocycles. The fourth-order valence-corrected chi connectivity index (χ4v) is 5.92. The van der Waals surface area contributed by atoms with E-state index >= 15 is 0 Å². The maximum atomic E-state index is 13.5. The fraction of sp³-hybridized carbons (Fsp3) is 0.125. The van der Waals surface area contributed by atoms with Crippen molar-refractivity contribution in [1.82, 2.24) is 4.57 Å². The van der Waals surface area contributed by atoms with E-state index in [4.69, 9.17) is 32.4 Å². The predicted octanol–water partition coefficient (Wildman–Crippen LogP) is 5.04. The number of aromatic nitrogens is 1. The van der Waals surface area contributed by atoms with E-state index < -0.39 is 12.0 Å². The lowest BCUT2D eigenvalue weighted by molar-refractivity contribution is -0.136. The van der Waals surface area contributed by atoms with Crippen molar-refractivity contribution in [2.75, 3.05) is 7.11 Å². The number of fused-ring (bicyclic) bond motifs is 1. The average Bonchev–Trinajstić information content (AvgIpc) is 3.56. The zero-order valence-corrected chi connectivity index (χ0v) is 21.0. The van der Waals surface area contributed by atoms with Crippen molar-refractivity contribution < 1.29 is 13.9 Å². The number of ether oxygens (including phenoxy) is 1. The number of methoxy groups -OCH3 is 1. The summed E-state index contributed by atoms with van der Waals surface area (Å²) in [6.07, 6.45) is 1.67. The van der Waals surface area contributed by atoms with E-state index in [1.807, 2.05) is 23.6 Å². The van der Waals surface area contributed by atoms with Gasteiger partial charge in [0.2, 0.25) is 0 Å². The maximum absolute atomic E-state index is 13.5. The second-order valence-electron chi connectivity index (χ2n) is 7.42. The highest BCUT2D eigenvalue weighted by molar-refractivity contribution is 7.10. The Kier molecular flexibility index (Phi) is 6.07. The zero-order valence-electron chi connectivity index (χ0n) is 17.9. The summed E-state index contributed by atoms with van der Waals surface area (Å²) in [6, 6.07) is 12.0. The van der Waals surface area contributed by atoms with Gasteiger partial charge in [-0.2, -0.15) is 0 Å². The lowest BCUT2D eigenvalue weighted by atomic mass is 10.0. The fourth-order valence-electron chi connectivity index (χ4n) is 3.77. The molecule has 34 heavy (non-hydrogen) atoms. The largest absolute Gasteiger partial charge is 0.466 e. The van der Waals surface area contributed by atoms with Gasteiger partial charge >= 0.3 is 5.97 Å². The van der Waals surface area contributed by atoms with E-state index in [2.05, 4.69) is 4.99 Å². The smallest absolute Gasteiger partial charge is 0.338 e. The molecule has 0 aliphatic carbocycles. The average molecular weight is 531 g/mol. The molecule has 4 aromatic rings. The number of allylic oxidation sites excluding steroid dienone is 1. The van der Waals surface area contributed by atoms with Crippen LogP contribution in [-0.4, -0.2) is 17.6 Å². The molecule has 0 saturated heterocycles. The van der Waals surface area contributed by atoms with Crippen LogP contribution in [-0.2, 0) is 9.53 Å². The van der Waals surface area contributed by atoms with Crippen LogP contribution in [0.4, 0.5) is 0 Å². The van der Waals surface area contributed by atoms with Crippen LogP contribution in [0.15, 0.2) is 73.3 Å². The van der Waals surface area contributed by atoms with Crippen molar-refractivity contribution in [2.45, 2.75) is 13.0 Å². The van der Waals surface area contributed by atoms with E-state index in [1.165, 1.54) is 29.8 Å². The van der Waals surface area contributed by atoms with Gasteiger partial charge in [-0.15, -0.1) is 11.3 Å². The van der Waals surface area contributed by atoms with Gasteiger partial charge in [-0.05, 0) is 48.7 Å². The van der Waals surface area contributed by atoms with E-state index in [1.54, 1.807) is 41.8 Å². The van der Waals surface area contributed by atoms with Crippen molar-refractivity contribution in [3.8, 4) is 11.3 Å². The van der Waals surface area contributed by atoms with E-state index in [0.717, 1.165) is 10.4 Å². The van der Waals surface area contributed by atoms with Crippen molar-refractivity contribution in [1.29, 1.82) is 0 Å². The van der Waals surface area contributed by atoms with Gasteiger partial charge in [0.15, 0.2) is 4.80 Å². The van der Waals surface area contributed by atoms with Crippen LogP contribution in [0, 0.1) is 0 Å². The summed E-state index contributed by atoms with van der Waals surface area (Å²) >= 11 is 14.8. The molecule has 1 unspecified atom stereocenters. The highest BCUT2D eigenvalue weighted by Crippen LogP contribution is 2.33. The summed E-state index contributed by atoms with van der Waals surface area (Å²) in [5, 5.41) is 2.79. The Morgan fingerprint density at radius 2 is 2.03 bits per heavy atom. The molecular weight excluding hydrogens is 515 g/mol. The molecular formula is C24H16Cl2N2O4S2. The van der Waals surface area contributed by atoms with Crippen LogP contribution in [0.5, 0.6) is 0 Å². The zero-order chi connectivity index (χ0) is 24.0. The monoisotopic (exact) mass is 530 g/mol. The molecule has 1 atom stereocenters. The number of carbonyl (C=O) groups excluding carboxylic acids is 1. The molecule has 1 aliphatic rings. The number of benzene rings is 1. The Morgan fingerprint density at radius 1 is 1.21 bits per heavy atom. The standard InChI is InChI=1S/C24H16Cl2N2O4S2/c1-12-20(23(30)31-2)21(18-4-3-9-33-18)28-22(29)19(34-24(28)27-12)11-14-6-8-17(32-14)13-5-7-15(25)16(26)10-13/h3-11,21H,1-2H3. The molecule has 5 rings (SSSR count). The first-order chi connectivity index (χ1) is 16.4. The summed E-state index contributed by atoms with van der Waals surface area (Å²) in [4.78, 5) is 32.0. The van der Waals surface area contributed by atoms with Gasteiger partial charge in [-0.25, -0.2) is 9.79 Å². The van der Waals surface area contributed by atoms with Gasteiger partial charge in [0.1, 0.15) is 17.6 Å². The Labute approximate surface area is 211 Å². The van der Waals surface area contributed by atoms with Gasteiger partial charge in [0, 0.05) is 16.5 Å². The molecule has 0 saturated carbocycles. The first-order valence-corrected chi connectivity index (χ1v) is 12.5. The second kappa shape index (κ2) is 9.03. The summed E-state index contributed by atoms with van der Waals surface area (Å²) < 4.78 is 12.9. The molecule has 0 N–H and O–H groups in total. The molecule has 3 aromatic heterocycles. The Balaban J connectivity index is 1.62. The van der Waals surface area contributed by atoms with Crippen LogP contribution in [0.2, 0.25) is 10.0 Å². The Morgan fingerprint density at radius 3 is 2.74 bits per heavy atom. The number of rotatable bonds is 4. The number of hydrogen-bond donors (Lipinski definition) is 0. The summed E-state index contributed by atoms with van der Waals surface area (Å²) in [5.41, 5.74) is 1.39. The topological polar surface area (TPSA) is 73.8 Å². The van der Waals surface area contributed by atoms with E-state index in [0.29, 0.717) is 42.2 Å². The van der Waals surface area contributed by atoms with Crippen LogP contribution < -0.4 is 14.9 Å². The van der Waals surface area contributed by atoms with Crippen molar-refractivity contribution in [3.05, 3.63) is 99.5 Å². The number of furan rings is 1. The lowest BCUT2D eigenvalue weighted by Crippen LogP contribution is -2.39. The number of nitrogens with zero attached hydrogens (tertiary/aromatic N) is 2. The molecule has 10 heteroatoms. The summed E-state index contributed by atoms with van der Waals surface area (Å²) in [6.45, 7) is 1.75. The second-order valence-corrected chi connectivity index (χ2v) is 10.2. The van der Waals surface area contributed by atoms with Crippen molar-refractivity contribution in [3.63, 3.8) is 0 Å². The molecule has 6 nitrogen and oxygen atoms in total. The van der Waals surface area contributed by atoms with Crippen LogP contribution in [0.3, 0.4) is 0 Å². The van der Waals surface area contributed by atoms with Crippen molar-refractivity contribution in [2.24, 2.45) is 4.99 Å². The minimum Gasteiger partial charge on any atom is -0.466 e. The number of thiazole rings is 1. The third-order valence-corrected chi connectivity index (χ3v) is 7.99. The summed E-state index contributed by atoms with van der Waals surface area (Å²) in [5.74, 6) is 0.590. The number of halogens is 2. The van der Waals surface area contributed by atoms with E-state index in [-0.39, 0.29) is 5.56 Å². The summed E-state index contributed by atoms with van der Waals surface area (Å²) in [7, 11) is 1.32. The molecule has 4 heterocycles. The SMILES string of the molecule is COC(=O)C1=C(C)N=c2sc(=Cc3ccc(-c4ccc(Cl)c(Cl)c4)o3)c(=O)n2C1c1cccs1. The molecule has 0 spiro atoms. The molecule has 1 aromatic carbocycles. The normalized spacial score (nSPS) is 15.9. The number of carbonyl (C=O) groups is 1. The third-order valence-electron chi connectivity index (χ3n) is 5.34. The predicted molar refractivity (Wildman–Crippen MR) is 134 cm³/mol. The van der Waals surface area contributed by atoms with Crippen molar-refractivity contribution >= 4 is 57.9 Å². The number of hydrogen-bond acceptors (Lipinski definition) is 7.